The Morgan fingerprint density at radius 3 is 1.33 bits per heavy atom. The van der Waals surface area contributed by atoms with Gasteiger partial charge in [-0.05, 0) is 19.7 Å². The molecule has 0 radical (unpaired) electrons. The Hall–Kier alpha value is 0.710. The molecule has 0 unspecified atom stereocenters. The first-order chi connectivity index (χ1) is 8.47. The molecule has 1 aliphatic rings. The normalized spacial score (nSPS) is 14.1. The Morgan fingerprint density at radius 2 is 1.28 bits per heavy atom. The average Bonchev–Trinajstić information content (AvgIpc) is 2.91. The standard InChI is InChI=1S/C5H12O4.C2H4O2.CH2S4/c6-1-5(2-7,3-8)4-9;1-2(3)4;1-2-4-5-3-1/h6-9H,1-4H2;1H3,(H,3,4);1H2. The van der Waals surface area contributed by atoms with E-state index in [4.69, 9.17) is 30.3 Å². The second-order valence-corrected chi connectivity index (χ2v) is 9.51. The van der Waals surface area contributed by atoms with Gasteiger partial charge >= 0.3 is 0 Å². The van der Waals surface area contributed by atoms with Crippen LogP contribution in [0.1, 0.15) is 6.92 Å². The molecule has 1 aliphatic heterocycles. The highest BCUT2D eigenvalue weighted by atomic mass is 33.7. The van der Waals surface area contributed by atoms with Crippen molar-refractivity contribution in [3.8, 4) is 0 Å². The van der Waals surface area contributed by atoms with E-state index in [0.717, 1.165) is 6.92 Å². The van der Waals surface area contributed by atoms with Gasteiger partial charge in [0.25, 0.3) is 5.97 Å². The summed E-state index contributed by atoms with van der Waals surface area (Å²) in [7, 11) is 7.57. The number of aliphatic hydroxyl groups excluding tert-OH is 4. The van der Waals surface area contributed by atoms with E-state index in [1.165, 1.54) is 5.08 Å². The van der Waals surface area contributed by atoms with Gasteiger partial charge in [-0.25, -0.2) is 0 Å². The van der Waals surface area contributed by atoms with Crippen molar-refractivity contribution in [3.63, 3.8) is 0 Å². The van der Waals surface area contributed by atoms with Crippen LogP contribution >= 0.6 is 41.2 Å². The van der Waals surface area contributed by atoms with Gasteiger partial charge in [-0.15, -0.1) is 0 Å². The van der Waals surface area contributed by atoms with Crippen LogP contribution in [-0.2, 0) is 4.79 Å². The summed E-state index contributed by atoms with van der Waals surface area (Å²) >= 11 is 0. The maximum atomic E-state index is 9.00. The molecule has 1 heterocycles. The van der Waals surface area contributed by atoms with Crippen molar-refractivity contribution < 1.29 is 30.3 Å². The van der Waals surface area contributed by atoms with E-state index in [1.54, 1.807) is 0 Å². The Morgan fingerprint density at radius 1 is 1.00 bits per heavy atom. The van der Waals surface area contributed by atoms with Crippen LogP contribution in [0.5, 0.6) is 0 Å². The Balaban J connectivity index is 0. The molecule has 0 aromatic rings. The first-order valence-electron chi connectivity index (χ1n) is 4.68. The summed E-state index contributed by atoms with van der Waals surface area (Å²) in [6.45, 7) is -0.542. The Labute approximate surface area is 121 Å². The van der Waals surface area contributed by atoms with Gasteiger partial charge in [0.1, 0.15) is 0 Å². The topological polar surface area (TPSA) is 118 Å². The Kier molecular flexibility index (Phi) is 16.5. The van der Waals surface area contributed by atoms with Crippen LogP contribution in [0.25, 0.3) is 0 Å². The van der Waals surface area contributed by atoms with Crippen LogP contribution in [0, 0.1) is 5.41 Å². The number of carbonyl (C=O) groups is 1. The fourth-order valence-corrected chi connectivity index (χ4v) is 8.25. The van der Waals surface area contributed by atoms with E-state index in [1.807, 2.05) is 41.2 Å². The fraction of sp³-hybridized carbons (Fsp3) is 0.875. The molecule has 1 rings (SSSR count). The lowest BCUT2D eigenvalue weighted by atomic mass is 9.93. The molecule has 1 saturated heterocycles. The van der Waals surface area contributed by atoms with Crippen LogP contribution in [0.3, 0.4) is 0 Å². The molecule has 110 valence electrons. The zero-order valence-electron chi connectivity index (χ0n) is 9.81. The van der Waals surface area contributed by atoms with Gasteiger partial charge < -0.3 is 25.5 Å². The molecule has 0 saturated carbocycles. The average molecular weight is 338 g/mol. The monoisotopic (exact) mass is 338 g/mol. The van der Waals surface area contributed by atoms with E-state index >= 15 is 0 Å². The molecule has 0 aliphatic carbocycles. The SMILES string of the molecule is C1SSSS1.CC(=O)O.OCC(CO)(CO)CO. The zero-order chi connectivity index (χ0) is 14.4. The largest absolute Gasteiger partial charge is 0.481 e. The number of carboxylic acid groups (broad SMARTS) is 1. The molecule has 0 atom stereocenters. The van der Waals surface area contributed by atoms with Crippen LogP contribution in [0.2, 0.25) is 0 Å². The molecule has 0 bridgehead atoms. The van der Waals surface area contributed by atoms with Crippen molar-refractivity contribution in [2.75, 3.05) is 31.5 Å². The summed E-state index contributed by atoms with van der Waals surface area (Å²) in [5.74, 6) is -0.833. The first kappa shape index (κ1) is 21.0. The van der Waals surface area contributed by atoms with Crippen LogP contribution in [-0.4, -0.2) is 63.0 Å². The molecule has 6 nitrogen and oxygen atoms in total. The minimum atomic E-state index is -1.11. The molecule has 5 N–H and O–H groups in total. The lowest BCUT2D eigenvalue weighted by Crippen LogP contribution is -2.37. The summed E-state index contributed by atoms with van der Waals surface area (Å²) in [5, 5.41) is 42.7. The summed E-state index contributed by atoms with van der Waals surface area (Å²) < 4.78 is 0. The number of hydrogen-bond acceptors (Lipinski definition) is 9. The molecule has 1 fully saturated rings. The molecule has 18 heavy (non-hydrogen) atoms. The van der Waals surface area contributed by atoms with Crippen LogP contribution in [0.4, 0.5) is 0 Å². The highest BCUT2D eigenvalue weighted by molar-refractivity contribution is 9.30. The minimum Gasteiger partial charge on any atom is -0.481 e. The van der Waals surface area contributed by atoms with Gasteiger partial charge in [-0.2, -0.15) is 0 Å². The lowest BCUT2D eigenvalue weighted by Gasteiger charge is -2.23. The molecule has 0 aromatic heterocycles. The van der Waals surface area contributed by atoms with Crippen molar-refractivity contribution in [2.24, 2.45) is 5.41 Å². The third-order valence-corrected chi connectivity index (χ3v) is 8.79. The molecular weight excluding hydrogens is 320 g/mol. The van der Waals surface area contributed by atoms with Crippen molar-refractivity contribution in [2.45, 2.75) is 6.92 Å². The number of carboxylic acids is 1. The van der Waals surface area contributed by atoms with Gasteiger partial charge in [0, 0.05) is 6.92 Å². The molecule has 0 aromatic carbocycles. The maximum absolute atomic E-state index is 9.00. The van der Waals surface area contributed by atoms with Gasteiger partial charge in [0.05, 0.1) is 36.9 Å². The van der Waals surface area contributed by atoms with Gasteiger partial charge in [0.2, 0.25) is 0 Å². The first-order valence-corrected chi connectivity index (χ1v) is 9.84. The molecule has 0 spiro atoms. The van der Waals surface area contributed by atoms with Crippen LogP contribution < -0.4 is 0 Å². The van der Waals surface area contributed by atoms with Crippen LogP contribution in [0.15, 0.2) is 0 Å². The van der Waals surface area contributed by atoms with E-state index in [9.17, 15) is 0 Å². The third-order valence-electron chi connectivity index (χ3n) is 1.56. The van der Waals surface area contributed by atoms with Gasteiger partial charge in [-0.3, -0.25) is 4.79 Å². The van der Waals surface area contributed by atoms with E-state index in [2.05, 4.69) is 0 Å². The van der Waals surface area contributed by atoms with E-state index < -0.39 is 37.8 Å². The second-order valence-electron chi connectivity index (χ2n) is 3.14. The number of rotatable bonds is 4. The summed E-state index contributed by atoms with van der Waals surface area (Å²) in [6, 6.07) is 0. The maximum Gasteiger partial charge on any atom is 0.300 e. The second kappa shape index (κ2) is 14.1. The zero-order valence-corrected chi connectivity index (χ0v) is 13.1. The van der Waals surface area contributed by atoms with Crippen molar-refractivity contribution in [1.29, 1.82) is 0 Å². The van der Waals surface area contributed by atoms with Crippen molar-refractivity contribution in [3.05, 3.63) is 0 Å². The summed E-state index contributed by atoms with van der Waals surface area (Å²) in [4.78, 5) is 9.00. The summed E-state index contributed by atoms with van der Waals surface area (Å²) in [6.07, 6.45) is 0. The molecule has 10 heteroatoms. The highest BCUT2D eigenvalue weighted by Crippen LogP contribution is 2.53. The highest BCUT2D eigenvalue weighted by Gasteiger charge is 2.26. The van der Waals surface area contributed by atoms with Crippen molar-refractivity contribution in [1.82, 2.24) is 0 Å². The van der Waals surface area contributed by atoms with E-state index in [-0.39, 0.29) is 0 Å². The lowest BCUT2D eigenvalue weighted by molar-refractivity contribution is -0.134. The quantitative estimate of drug-likeness (QED) is 0.468. The predicted octanol–water partition coefficient (Wildman–Crippen LogP) is 0.668. The number of hydrogen-bond donors (Lipinski definition) is 5. The number of aliphatic carboxylic acids is 1. The predicted molar refractivity (Wildman–Crippen MR) is 79.3 cm³/mol. The minimum absolute atomic E-state index is 0.406. The number of aliphatic hydroxyl groups is 4. The van der Waals surface area contributed by atoms with Crippen molar-refractivity contribution >= 4 is 47.2 Å². The fourth-order valence-electron chi connectivity index (χ4n) is 0.398. The molecule has 0 amide bonds. The van der Waals surface area contributed by atoms with Gasteiger partial charge in [-0.1, -0.05) is 21.6 Å². The molecular formula is C8H18O6S4. The smallest absolute Gasteiger partial charge is 0.300 e. The third kappa shape index (κ3) is 13.1. The van der Waals surface area contributed by atoms with E-state index in [0.29, 0.717) is 0 Å². The van der Waals surface area contributed by atoms with Gasteiger partial charge in [0.15, 0.2) is 0 Å². The summed E-state index contributed by atoms with van der Waals surface area (Å²) in [5.41, 5.74) is -1.11. The Bertz CT molecular complexity index is 169.